The Balaban J connectivity index is 1.98. The largest absolute Gasteiger partial charge is 0.489 e. The first-order chi connectivity index (χ1) is 10.0. The molecule has 1 aliphatic heterocycles. The number of aliphatic hydroxyl groups excluding tert-OH is 3. The fourth-order valence-electron chi connectivity index (χ4n) is 3.09. The molecule has 4 atom stereocenters. The van der Waals surface area contributed by atoms with Crippen LogP contribution in [0.5, 0.6) is 0 Å². The van der Waals surface area contributed by atoms with E-state index in [-0.39, 0.29) is 30.0 Å². The van der Waals surface area contributed by atoms with Crippen molar-refractivity contribution in [2.75, 3.05) is 0 Å². The van der Waals surface area contributed by atoms with Gasteiger partial charge in [0.25, 0.3) is 0 Å². The number of rotatable bonds is 6. The Morgan fingerprint density at radius 3 is 2.71 bits per heavy atom. The maximum Gasteiger partial charge on any atom is 0.165 e. The van der Waals surface area contributed by atoms with Gasteiger partial charge in [0.1, 0.15) is 18.0 Å². The zero-order valence-electron chi connectivity index (χ0n) is 12.6. The number of carbonyl (C=O) groups excluding carboxylic acids is 1. The predicted octanol–water partition coefficient (Wildman–Crippen LogP) is 1.45. The Labute approximate surface area is 125 Å². The van der Waals surface area contributed by atoms with Crippen LogP contribution in [0.15, 0.2) is 11.3 Å². The number of aliphatic hydroxyl groups is 3. The van der Waals surface area contributed by atoms with Gasteiger partial charge >= 0.3 is 0 Å². The molecule has 1 aliphatic carbocycles. The standard InChI is InChI=1S/C16H26O5/c1-2-3-4-5-6-10(17)14-9-13(20)15-11(18)7-8-12(19)16(15)21-14/h10,12-14,17,19-20H,2-9H2,1H3/t10?,12-,13+,14-/m0/s1. The molecule has 2 rings (SSSR count). The number of unbranched alkanes of at least 4 members (excludes halogenated alkanes) is 3. The van der Waals surface area contributed by atoms with E-state index in [4.69, 9.17) is 4.74 Å². The third-order valence-corrected chi connectivity index (χ3v) is 4.36. The van der Waals surface area contributed by atoms with Gasteiger partial charge in [-0.05, 0) is 12.8 Å². The number of hydrogen-bond acceptors (Lipinski definition) is 5. The van der Waals surface area contributed by atoms with Gasteiger partial charge < -0.3 is 20.1 Å². The molecule has 0 saturated heterocycles. The minimum atomic E-state index is -0.938. The van der Waals surface area contributed by atoms with Crippen molar-refractivity contribution in [1.82, 2.24) is 0 Å². The Kier molecular flexibility index (Phi) is 5.79. The first-order valence-corrected chi connectivity index (χ1v) is 8.02. The quantitative estimate of drug-likeness (QED) is 0.646. The molecule has 3 N–H and O–H groups in total. The third-order valence-electron chi connectivity index (χ3n) is 4.36. The average molecular weight is 298 g/mol. The number of hydrogen-bond donors (Lipinski definition) is 3. The average Bonchev–Trinajstić information content (AvgIpc) is 2.46. The van der Waals surface area contributed by atoms with Gasteiger partial charge in [-0.15, -0.1) is 0 Å². The van der Waals surface area contributed by atoms with Crippen LogP contribution in [-0.4, -0.2) is 45.5 Å². The van der Waals surface area contributed by atoms with Crippen LogP contribution >= 0.6 is 0 Å². The van der Waals surface area contributed by atoms with Crippen LogP contribution < -0.4 is 0 Å². The second-order valence-corrected chi connectivity index (χ2v) is 6.08. The molecular formula is C16H26O5. The van der Waals surface area contributed by atoms with Crippen molar-refractivity contribution in [3.05, 3.63) is 11.3 Å². The molecule has 0 amide bonds. The summed E-state index contributed by atoms with van der Waals surface area (Å²) in [5, 5.41) is 30.3. The molecule has 0 aromatic heterocycles. The monoisotopic (exact) mass is 298 g/mol. The van der Waals surface area contributed by atoms with Crippen LogP contribution in [0.2, 0.25) is 0 Å². The smallest absolute Gasteiger partial charge is 0.165 e. The molecule has 0 bridgehead atoms. The summed E-state index contributed by atoms with van der Waals surface area (Å²) in [7, 11) is 0. The predicted molar refractivity (Wildman–Crippen MR) is 77.5 cm³/mol. The maximum atomic E-state index is 11.8. The minimum absolute atomic E-state index is 0.154. The second-order valence-electron chi connectivity index (χ2n) is 6.08. The second kappa shape index (κ2) is 7.38. The van der Waals surface area contributed by atoms with Gasteiger partial charge in [-0.2, -0.15) is 0 Å². The van der Waals surface area contributed by atoms with Crippen LogP contribution in [0.4, 0.5) is 0 Å². The summed E-state index contributed by atoms with van der Waals surface area (Å²) in [5.74, 6) is 0.0290. The summed E-state index contributed by atoms with van der Waals surface area (Å²) < 4.78 is 5.66. The summed E-state index contributed by atoms with van der Waals surface area (Å²) >= 11 is 0. The van der Waals surface area contributed by atoms with Gasteiger partial charge in [0.05, 0.1) is 17.8 Å². The van der Waals surface area contributed by atoms with E-state index in [1.54, 1.807) is 0 Å². The van der Waals surface area contributed by atoms with Crippen LogP contribution in [0.1, 0.15) is 58.3 Å². The van der Waals surface area contributed by atoms with Crippen LogP contribution in [0.3, 0.4) is 0 Å². The summed E-state index contributed by atoms with van der Waals surface area (Å²) in [6.07, 6.45) is 2.66. The van der Waals surface area contributed by atoms with Gasteiger partial charge in [0.15, 0.2) is 5.78 Å². The lowest BCUT2D eigenvalue weighted by atomic mass is 9.85. The topological polar surface area (TPSA) is 87.0 Å². The van der Waals surface area contributed by atoms with E-state index in [9.17, 15) is 20.1 Å². The third kappa shape index (κ3) is 3.84. The zero-order valence-corrected chi connectivity index (χ0v) is 12.6. The van der Waals surface area contributed by atoms with Crippen molar-refractivity contribution >= 4 is 5.78 Å². The Hall–Kier alpha value is -0.910. The maximum absolute atomic E-state index is 11.8. The lowest BCUT2D eigenvalue weighted by Gasteiger charge is -2.37. The highest BCUT2D eigenvalue weighted by Crippen LogP contribution is 2.34. The van der Waals surface area contributed by atoms with Gasteiger partial charge in [-0.3, -0.25) is 4.79 Å². The Morgan fingerprint density at radius 1 is 1.24 bits per heavy atom. The van der Waals surface area contributed by atoms with Crippen LogP contribution in [-0.2, 0) is 9.53 Å². The van der Waals surface area contributed by atoms with Gasteiger partial charge in [-0.25, -0.2) is 0 Å². The molecule has 5 nitrogen and oxygen atoms in total. The number of Topliss-reactive ketones (excluding diaryl/α,β-unsaturated/α-hetero) is 1. The first-order valence-electron chi connectivity index (χ1n) is 8.02. The molecule has 0 aromatic carbocycles. The number of ketones is 1. The molecule has 2 aliphatic rings. The highest BCUT2D eigenvalue weighted by atomic mass is 16.5. The van der Waals surface area contributed by atoms with E-state index in [1.807, 2.05) is 0 Å². The van der Waals surface area contributed by atoms with Crippen molar-refractivity contribution in [2.45, 2.75) is 82.7 Å². The first kappa shape index (κ1) is 16.5. The summed E-state index contributed by atoms with van der Waals surface area (Å²) in [4.78, 5) is 11.8. The van der Waals surface area contributed by atoms with E-state index >= 15 is 0 Å². The van der Waals surface area contributed by atoms with Crippen molar-refractivity contribution in [3.8, 4) is 0 Å². The summed E-state index contributed by atoms with van der Waals surface area (Å²) in [5.41, 5.74) is 0.211. The van der Waals surface area contributed by atoms with Crippen molar-refractivity contribution in [3.63, 3.8) is 0 Å². The molecule has 5 heteroatoms. The zero-order chi connectivity index (χ0) is 15.4. The molecule has 0 fully saturated rings. The van der Waals surface area contributed by atoms with Gasteiger partial charge in [-0.1, -0.05) is 32.6 Å². The molecule has 0 saturated carbocycles. The van der Waals surface area contributed by atoms with E-state index in [2.05, 4.69) is 6.92 Å². The Morgan fingerprint density at radius 2 is 2.00 bits per heavy atom. The molecule has 120 valence electrons. The van der Waals surface area contributed by atoms with Crippen molar-refractivity contribution < 1.29 is 24.9 Å². The fraction of sp³-hybridized carbons (Fsp3) is 0.812. The van der Waals surface area contributed by atoms with E-state index in [1.165, 1.54) is 0 Å². The molecule has 1 unspecified atom stereocenters. The number of carbonyl (C=O) groups is 1. The van der Waals surface area contributed by atoms with Gasteiger partial charge in [0.2, 0.25) is 0 Å². The summed E-state index contributed by atoms with van der Waals surface area (Å²) in [6, 6.07) is 0. The molecule has 0 spiro atoms. The highest BCUT2D eigenvalue weighted by Gasteiger charge is 2.40. The Bertz CT molecular complexity index is 403. The van der Waals surface area contributed by atoms with Crippen molar-refractivity contribution in [2.24, 2.45) is 0 Å². The fourth-order valence-corrected chi connectivity index (χ4v) is 3.09. The van der Waals surface area contributed by atoms with Crippen LogP contribution in [0.25, 0.3) is 0 Å². The molecule has 0 aromatic rings. The van der Waals surface area contributed by atoms with E-state index in [0.29, 0.717) is 12.8 Å². The van der Waals surface area contributed by atoms with Crippen LogP contribution in [0, 0.1) is 0 Å². The number of ether oxygens (including phenoxy) is 1. The molecule has 1 heterocycles. The van der Waals surface area contributed by atoms with E-state index < -0.39 is 24.4 Å². The summed E-state index contributed by atoms with van der Waals surface area (Å²) in [6.45, 7) is 2.13. The molecule has 21 heavy (non-hydrogen) atoms. The molecular weight excluding hydrogens is 272 g/mol. The SMILES string of the molecule is CCCCCCC(O)[C@@H]1C[C@@H](O)C2=C(O1)[C@@H](O)CCC2=O. The highest BCUT2D eigenvalue weighted by molar-refractivity contribution is 5.98. The normalized spacial score (nSPS) is 30.9. The lowest BCUT2D eigenvalue weighted by Crippen LogP contribution is -2.43. The van der Waals surface area contributed by atoms with Crippen molar-refractivity contribution in [1.29, 1.82) is 0 Å². The minimum Gasteiger partial charge on any atom is -0.489 e. The molecule has 0 radical (unpaired) electrons. The van der Waals surface area contributed by atoms with Gasteiger partial charge in [0, 0.05) is 12.8 Å². The lowest BCUT2D eigenvalue weighted by molar-refractivity contribution is -0.123. The van der Waals surface area contributed by atoms with E-state index in [0.717, 1.165) is 25.7 Å².